The highest BCUT2D eigenvalue weighted by atomic mass is 16.6. The minimum absolute atomic E-state index is 0.223. The Kier molecular flexibility index (Phi) is 9.49. The van der Waals surface area contributed by atoms with Crippen LogP contribution in [0.2, 0.25) is 0 Å². The van der Waals surface area contributed by atoms with Gasteiger partial charge in [-0.05, 0) is 12.3 Å². The molecule has 0 aliphatic rings. The summed E-state index contributed by atoms with van der Waals surface area (Å²) in [5.41, 5.74) is 0. The van der Waals surface area contributed by atoms with Gasteiger partial charge < -0.3 is 9.47 Å². The highest BCUT2D eigenvalue weighted by molar-refractivity contribution is 6.29. The van der Waals surface area contributed by atoms with E-state index in [2.05, 4.69) is 6.92 Å². The molecule has 0 amide bonds. The van der Waals surface area contributed by atoms with Crippen molar-refractivity contribution in [1.29, 1.82) is 0 Å². The van der Waals surface area contributed by atoms with Crippen LogP contribution in [0.4, 0.5) is 0 Å². The minimum Gasteiger partial charge on any atom is -0.457 e. The molecular weight excluding hydrogens is 220 g/mol. The van der Waals surface area contributed by atoms with E-state index in [0.717, 1.165) is 19.3 Å². The number of hydrogen-bond acceptors (Lipinski definition) is 4. The van der Waals surface area contributed by atoms with Crippen LogP contribution in [0.3, 0.4) is 0 Å². The van der Waals surface area contributed by atoms with Crippen LogP contribution in [0.5, 0.6) is 0 Å². The first-order chi connectivity index (χ1) is 8.07. The molecule has 0 bridgehead atoms. The second-order valence-electron chi connectivity index (χ2n) is 4.54. The van der Waals surface area contributed by atoms with E-state index in [4.69, 9.17) is 9.47 Å². The molecular formula is C13H24O4. The van der Waals surface area contributed by atoms with Crippen molar-refractivity contribution >= 4 is 11.9 Å². The first-order valence-corrected chi connectivity index (χ1v) is 6.41. The van der Waals surface area contributed by atoms with Crippen molar-refractivity contribution in [3.05, 3.63) is 0 Å². The topological polar surface area (TPSA) is 52.6 Å². The lowest BCUT2D eigenvalue weighted by Crippen LogP contribution is -2.22. The molecule has 0 aromatic rings. The number of carbonyl (C=O) groups is 2. The molecule has 0 spiro atoms. The Morgan fingerprint density at radius 2 is 1.53 bits per heavy atom. The average Bonchev–Trinajstić information content (AvgIpc) is 2.30. The van der Waals surface area contributed by atoms with E-state index in [1.54, 1.807) is 0 Å². The van der Waals surface area contributed by atoms with Gasteiger partial charge in [0.05, 0.1) is 13.2 Å². The zero-order chi connectivity index (χ0) is 13.1. The van der Waals surface area contributed by atoms with Crippen molar-refractivity contribution < 1.29 is 19.1 Å². The first-order valence-electron chi connectivity index (χ1n) is 6.41. The lowest BCUT2D eigenvalue weighted by atomic mass is 10.2. The number of unbranched alkanes of at least 4 members (excludes halogenated alkanes) is 4. The zero-order valence-electron chi connectivity index (χ0n) is 11.2. The van der Waals surface area contributed by atoms with E-state index >= 15 is 0 Å². The highest BCUT2D eigenvalue weighted by Gasteiger charge is 2.17. The van der Waals surface area contributed by atoms with Gasteiger partial charge in [-0.25, -0.2) is 9.59 Å². The number of rotatable bonds is 8. The summed E-state index contributed by atoms with van der Waals surface area (Å²) in [5, 5.41) is 0. The molecule has 0 saturated heterocycles. The van der Waals surface area contributed by atoms with Gasteiger partial charge in [0.25, 0.3) is 0 Å². The molecule has 0 atom stereocenters. The summed E-state index contributed by atoms with van der Waals surface area (Å²) in [6.07, 6.45) is 5.36. The van der Waals surface area contributed by atoms with Gasteiger partial charge in [0.2, 0.25) is 0 Å². The second-order valence-corrected chi connectivity index (χ2v) is 4.54. The van der Waals surface area contributed by atoms with Gasteiger partial charge in [0, 0.05) is 0 Å². The quantitative estimate of drug-likeness (QED) is 0.374. The van der Waals surface area contributed by atoms with Gasteiger partial charge in [-0.15, -0.1) is 0 Å². The van der Waals surface area contributed by atoms with E-state index in [1.165, 1.54) is 12.8 Å². The van der Waals surface area contributed by atoms with Crippen molar-refractivity contribution in [3.8, 4) is 0 Å². The van der Waals surface area contributed by atoms with Crippen molar-refractivity contribution in [3.63, 3.8) is 0 Å². The average molecular weight is 244 g/mol. The molecule has 0 fully saturated rings. The van der Waals surface area contributed by atoms with Crippen LogP contribution in [-0.2, 0) is 19.1 Å². The molecule has 0 unspecified atom stereocenters. The predicted molar refractivity (Wildman–Crippen MR) is 65.5 cm³/mol. The van der Waals surface area contributed by atoms with Crippen molar-refractivity contribution in [2.24, 2.45) is 5.92 Å². The Morgan fingerprint density at radius 1 is 0.941 bits per heavy atom. The summed E-state index contributed by atoms with van der Waals surface area (Å²) in [7, 11) is 0. The molecule has 0 aromatic carbocycles. The van der Waals surface area contributed by atoms with Gasteiger partial charge in [0.15, 0.2) is 0 Å². The third kappa shape index (κ3) is 9.85. The van der Waals surface area contributed by atoms with Crippen LogP contribution in [0.25, 0.3) is 0 Å². The third-order valence-electron chi connectivity index (χ3n) is 2.20. The fourth-order valence-electron chi connectivity index (χ4n) is 1.23. The fraction of sp³-hybridized carbons (Fsp3) is 0.846. The van der Waals surface area contributed by atoms with E-state index in [1.807, 2.05) is 13.8 Å². The molecule has 17 heavy (non-hydrogen) atoms. The fourth-order valence-corrected chi connectivity index (χ4v) is 1.23. The van der Waals surface area contributed by atoms with E-state index < -0.39 is 11.9 Å². The van der Waals surface area contributed by atoms with Gasteiger partial charge in [-0.1, -0.05) is 46.5 Å². The maximum absolute atomic E-state index is 11.1. The SMILES string of the molecule is CCCCCCCOC(=O)C(=O)OCC(C)C. The minimum atomic E-state index is -0.882. The molecule has 0 aliphatic heterocycles. The number of esters is 2. The maximum Gasteiger partial charge on any atom is 0.417 e. The summed E-state index contributed by atoms with van der Waals surface area (Å²) < 4.78 is 9.55. The van der Waals surface area contributed by atoms with E-state index in [-0.39, 0.29) is 12.5 Å². The Labute approximate surface area is 104 Å². The lowest BCUT2D eigenvalue weighted by molar-refractivity contribution is -0.168. The number of carbonyl (C=O) groups excluding carboxylic acids is 2. The molecule has 0 heterocycles. The molecule has 4 nitrogen and oxygen atoms in total. The van der Waals surface area contributed by atoms with Gasteiger partial charge in [-0.3, -0.25) is 0 Å². The summed E-state index contributed by atoms with van der Waals surface area (Å²) in [6, 6.07) is 0. The zero-order valence-corrected chi connectivity index (χ0v) is 11.2. The molecule has 0 radical (unpaired) electrons. The van der Waals surface area contributed by atoms with Crippen LogP contribution < -0.4 is 0 Å². The number of ether oxygens (including phenoxy) is 2. The lowest BCUT2D eigenvalue weighted by Gasteiger charge is -2.07. The Morgan fingerprint density at radius 3 is 2.12 bits per heavy atom. The molecule has 4 heteroatoms. The molecule has 0 saturated carbocycles. The number of hydrogen-bond donors (Lipinski definition) is 0. The molecule has 100 valence electrons. The summed E-state index contributed by atoms with van der Waals surface area (Å²) in [5.74, 6) is -1.53. The van der Waals surface area contributed by atoms with E-state index in [9.17, 15) is 9.59 Å². The van der Waals surface area contributed by atoms with Crippen LogP contribution in [0.15, 0.2) is 0 Å². The van der Waals surface area contributed by atoms with Crippen molar-refractivity contribution in [2.75, 3.05) is 13.2 Å². The van der Waals surface area contributed by atoms with Crippen LogP contribution in [-0.4, -0.2) is 25.2 Å². The Bertz CT molecular complexity index is 223. The monoisotopic (exact) mass is 244 g/mol. The maximum atomic E-state index is 11.1. The molecule has 0 aromatic heterocycles. The third-order valence-corrected chi connectivity index (χ3v) is 2.20. The van der Waals surface area contributed by atoms with E-state index in [0.29, 0.717) is 6.61 Å². The summed E-state index contributed by atoms with van der Waals surface area (Å²) >= 11 is 0. The Balaban J connectivity index is 3.47. The standard InChI is InChI=1S/C13H24O4/c1-4-5-6-7-8-9-16-12(14)13(15)17-10-11(2)3/h11H,4-10H2,1-3H3. The van der Waals surface area contributed by atoms with Crippen LogP contribution in [0, 0.1) is 5.92 Å². The largest absolute Gasteiger partial charge is 0.457 e. The van der Waals surface area contributed by atoms with Gasteiger partial charge in [-0.2, -0.15) is 0 Å². The summed E-state index contributed by atoms with van der Waals surface area (Å²) in [6.45, 7) is 6.52. The van der Waals surface area contributed by atoms with Gasteiger partial charge in [0.1, 0.15) is 0 Å². The molecule has 0 N–H and O–H groups in total. The molecule has 0 rings (SSSR count). The van der Waals surface area contributed by atoms with Crippen LogP contribution in [0.1, 0.15) is 52.9 Å². The first kappa shape index (κ1) is 15.9. The highest BCUT2D eigenvalue weighted by Crippen LogP contribution is 2.02. The van der Waals surface area contributed by atoms with Crippen molar-refractivity contribution in [2.45, 2.75) is 52.9 Å². The summed E-state index contributed by atoms with van der Waals surface area (Å²) in [4.78, 5) is 22.3. The Hall–Kier alpha value is -1.06. The second kappa shape index (κ2) is 10.1. The van der Waals surface area contributed by atoms with Gasteiger partial charge >= 0.3 is 11.9 Å². The smallest absolute Gasteiger partial charge is 0.417 e. The van der Waals surface area contributed by atoms with Crippen LogP contribution >= 0.6 is 0 Å². The molecule has 0 aliphatic carbocycles. The van der Waals surface area contributed by atoms with Crippen molar-refractivity contribution in [1.82, 2.24) is 0 Å². The predicted octanol–water partition coefficient (Wildman–Crippen LogP) is 2.70. The normalized spacial score (nSPS) is 10.4.